The van der Waals surface area contributed by atoms with Crippen LogP contribution in [0.5, 0.6) is 0 Å². The van der Waals surface area contributed by atoms with Crippen molar-refractivity contribution >= 4 is 24.5 Å². The Balaban J connectivity index is 1.92. The first kappa shape index (κ1) is 24.0. The second-order valence-corrected chi connectivity index (χ2v) is 13.6. The lowest BCUT2D eigenvalue weighted by Gasteiger charge is -2.44. The highest BCUT2D eigenvalue weighted by Crippen LogP contribution is 2.40. The number of nitrogens with zero attached hydrogens (tertiary/aromatic N) is 1. The van der Waals surface area contributed by atoms with E-state index in [1.807, 2.05) is 60.7 Å². The number of carbonyl (C=O) groups is 1. The molecule has 0 saturated carbocycles. The lowest BCUT2D eigenvalue weighted by molar-refractivity contribution is -0.127. The number of aliphatic hydroxyl groups is 1. The van der Waals surface area contributed by atoms with Crippen molar-refractivity contribution in [1.82, 2.24) is 9.55 Å². The summed E-state index contributed by atoms with van der Waals surface area (Å²) in [5.41, 5.74) is -1.28. The largest absolute Gasteiger partial charge is 0.393 e. The van der Waals surface area contributed by atoms with E-state index in [1.165, 1.54) is 12.3 Å². The maximum Gasteiger partial charge on any atom is 0.330 e. The molecule has 0 amide bonds. The van der Waals surface area contributed by atoms with E-state index >= 15 is 0 Å². The van der Waals surface area contributed by atoms with Crippen molar-refractivity contribution in [3.05, 3.63) is 93.8 Å². The van der Waals surface area contributed by atoms with Gasteiger partial charge in [0, 0.05) is 12.3 Å². The minimum absolute atomic E-state index is 0.423. The molecular formula is C25H28N2O6Si. The van der Waals surface area contributed by atoms with E-state index in [2.05, 4.69) is 25.8 Å². The molecule has 1 aliphatic heterocycles. The molecule has 178 valence electrons. The molecule has 4 rings (SSSR count). The number of carbonyl (C=O) groups excluding carboxylic acids is 1. The molecule has 2 N–H and O–H groups in total. The summed E-state index contributed by atoms with van der Waals surface area (Å²) in [5, 5.41) is 11.3. The van der Waals surface area contributed by atoms with Crippen LogP contribution < -0.4 is 21.6 Å². The Labute approximate surface area is 197 Å². The summed E-state index contributed by atoms with van der Waals surface area (Å²) < 4.78 is 13.9. The van der Waals surface area contributed by atoms with Crippen LogP contribution in [0.1, 0.15) is 27.0 Å². The fourth-order valence-electron chi connectivity index (χ4n) is 4.60. The monoisotopic (exact) mass is 480 g/mol. The molecule has 3 aromatic rings. The smallest absolute Gasteiger partial charge is 0.330 e. The van der Waals surface area contributed by atoms with Crippen molar-refractivity contribution in [3.63, 3.8) is 0 Å². The van der Waals surface area contributed by atoms with E-state index in [1.54, 1.807) is 0 Å². The number of rotatable bonds is 6. The molecule has 0 aliphatic carbocycles. The zero-order valence-electron chi connectivity index (χ0n) is 19.3. The van der Waals surface area contributed by atoms with Gasteiger partial charge in [-0.05, 0) is 15.4 Å². The molecule has 2 aromatic carbocycles. The molecule has 8 nitrogen and oxygen atoms in total. The first-order chi connectivity index (χ1) is 16.2. The van der Waals surface area contributed by atoms with Crippen molar-refractivity contribution in [3.8, 4) is 0 Å². The summed E-state index contributed by atoms with van der Waals surface area (Å²) in [4.78, 5) is 39.8. The number of ketones is 1. The number of aromatic nitrogens is 2. The summed E-state index contributed by atoms with van der Waals surface area (Å²) in [6.07, 6.45) is -2.18. The average molecular weight is 481 g/mol. The van der Waals surface area contributed by atoms with Gasteiger partial charge in [0.2, 0.25) is 0 Å². The van der Waals surface area contributed by atoms with Crippen LogP contribution in [-0.4, -0.2) is 47.6 Å². The number of ether oxygens (including phenoxy) is 1. The molecular weight excluding hydrogens is 452 g/mol. The molecule has 1 fully saturated rings. The zero-order valence-corrected chi connectivity index (χ0v) is 20.3. The van der Waals surface area contributed by atoms with E-state index in [0.717, 1.165) is 14.9 Å². The molecule has 1 aromatic heterocycles. The number of Topliss-reactive ketones (excluding diaryl/α,β-unsaturated/α-hetero) is 1. The third kappa shape index (κ3) is 4.11. The van der Waals surface area contributed by atoms with E-state index in [4.69, 9.17) is 9.16 Å². The molecule has 1 saturated heterocycles. The Hall–Kier alpha value is -3.11. The third-order valence-electron chi connectivity index (χ3n) is 6.17. The van der Waals surface area contributed by atoms with Crippen LogP contribution in [0, 0.1) is 0 Å². The summed E-state index contributed by atoms with van der Waals surface area (Å²) in [6, 6.07) is 20.7. The van der Waals surface area contributed by atoms with Crippen molar-refractivity contribution in [2.24, 2.45) is 0 Å². The zero-order chi connectivity index (χ0) is 24.5. The minimum atomic E-state index is -3.17. The summed E-state index contributed by atoms with van der Waals surface area (Å²) >= 11 is 0. The Morgan fingerprint density at radius 2 is 1.53 bits per heavy atom. The van der Waals surface area contributed by atoms with Gasteiger partial charge in [-0.3, -0.25) is 19.1 Å². The number of H-pyrrole nitrogens is 1. The van der Waals surface area contributed by atoms with Crippen molar-refractivity contribution in [2.45, 2.75) is 44.2 Å². The van der Waals surface area contributed by atoms with Crippen LogP contribution in [0.3, 0.4) is 0 Å². The van der Waals surface area contributed by atoms with Gasteiger partial charge in [0.25, 0.3) is 13.9 Å². The second kappa shape index (κ2) is 9.26. The standard InChI is InChI=1S/C25H28N2O6Si/c1-25(2,3)34(17-10-6-4-7-11-17,18-12-8-5-9-13-18)33-22-21(30)19(16-28)32-23(22)27-15-14-20(29)26-24(27)31/h4-15,19,22-23,28H,16H2,1-3H3,(H,26,29,31)/t19-,22-,23-/m1/s1. The average Bonchev–Trinajstić information content (AvgIpc) is 3.12. The van der Waals surface area contributed by atoms with Gasteiger partial charge >= 0.3 is 5.69 Å². The molecule has 1 aliphatic rings. The van der Waals surface area contributed by atoms with Gasteiger partial charge in [-0.1, -0.05) is 81.4 Å². The summed E-state index contributed by atoms with van der Waals surface area (Å²) in [7, 11) is -3.17. The highest BCUT2D eigenvalue weighted by atomic mass is 28.4. The maximum atomic E-state index is 13.4. The predicted octanol–water partition coefficient (Wildman–Crippen LogP) is 0.941. The first-order valence-electron chi connectivity index (χ1n) is 11.1. The predicted molar refractivity (Wildman–Crippen MR) is 130 cm³/mol. The molecule has 0 bridgehead atoms. The summed E-state index contributed by atoms with van der Waals surface area (Å²) in [5.74, 6) is -0.446. The van der Waals surface area contributed by atoms with E-state index in [-0.39, 0.29) is 0 Å². The van der Waals surface area contributed by atoms with Gasteiger partial charge in [-0.2, -0.15) is 0 Å². The Morgan fingerprint density at radius 1 is 0.971 bits per heavy atom. The van der Waals surface area contributed by atoms with Gasteiger partial charge < -0.3 is 14.3 Å². The highest BCUT2D eigenvalue weighted by molar-refractivity contribution is 6.99. The first-order valence-corrected chi connectivity index (χ1v) is 13.0. The quantitative estimate of drug-likeness (QED) is 0.508. The molecule has 0 spiro atoms. The number of benzene rings is 2. The molecule has 9 heteroatoms. The fraction of sp³-hybridized carbons (Fsp3) is 0.320. The minimum Gasteiger partial charge on any atom is -0.393 e. The Morgan fingerprint density at radius 3 is 2.00 bits per heavy atom. The molecule has 2 heterocycles. The maximum absolute atomic E-state index is 13.4. The lowest BCUT2D eigenvalue weighted by Crippen LogP contribution is -2.68. The second-order valence-electron chi connectivity index (χ2n) is 9.32. The normalized spacial score (nSPS) is 21.1. The molecule has 3 atom stereocenters. The number of hydrogen-bond acceptors (Lipinski definition) is 6. The van der Waals surface area contributed by atoms with Crippen LogP contribution in [-0.2, 0) is 14.0 Å². The van der Waals surface area contributed by atoms with Gasteiger partial charge in [0.05, 0.1) is 6.61 Å². The van der Waals surface area contributed by atoms with Gasteiger partial charge in [0.1, 0.15) is 6.10 Å². The highest BCUT2D eigenvalue weighted by Gasteiger charge is 2.56. The van der Waals surface area contributed by atoms with Crippen molar-refractivity contribution < 1.29 is 19.1 Å². The van der Waals surface area contributed by atoms with Crippen LogP contribution >= 0.6 is 0 Å². The Kier molecular flexibility index (Phi) is 6.55. The van der Waals surface area contributed by atoms with Gasteiger partial charge in [-0.25, -0.2) is 4.79 Å². The number of aromatic amines is 1. The van der Waals surface area contributed by atoms with Crippen LogP contribution in [0.15, 0.2) is 82.5 Å². The molecule has 34 heavy (non-hydrogen) atoms. The van der Waals surface area contributed by atoms with Crippen LogP contribution in [0.4, 0.5) is 0 Å². The van der Waals surface area contributed by atoms with E-state index < -0.39 is 55.4 Å². The third-order valence-corrected chi connectivity index (χ3v) is 11.2. The van der Waals surface area contributed by atoms with Crippen molar-refractivity contribution in [1.29, 1.82) is 0 Å². The van der Waals surface area contributed by atoms with Gasteiger partial charge in [-0.15, -0.1) is 0 Å². The van der Waals surface area contributed by atoms with Crippen LogP contribution in [0.25, 0.3) is 0 Å². The number of aliphatic hydroxyl groups excluding tert-OH is 1. The SMILES string of the molecule is CC(C)(C)[Si](O[C@@H]1C(=O)[C@@H](CO)O[C@H]1n1ccc(=O)[nH]c1=O)(c1ccccc1)c1ccccc1. The van der Waals surface area contributed by atoms with Crippen molar-refractivity contribution in [2.75, 3.05) is 6.61 Å². The fourth-order valence-corrected chi connectivity index (χ4v) is 9.23. The van der Waals surface area contributed by atoms with Gasteiger partial charge in [0.15, 0.2) is 18.1 Å². The lowest BCUT2D eigenvalue weighted by atomic mass is 10.2. The topological polar surface area (TPSA) is 111 Å². The van der Waals surface area contributed by atoms with E-state index in [9.17, 15) is 19.5 Å². The molecule has 0 radical (unpaired) electrons. The Bertz CT molecular complexity index is 1230. The number of hydrogen-bond donors (Lipinski definition) is 2. The van der Waals surface area contributed by atoms with E-state index in [0.29, 0.717) is 0 Å². The number of nitrogens with one attached hydrogen (secondary N) is 1. The van der Waals surface area contributed by atoms with Crippen LogP contribution in [0.2, 0.25) is 5.04 Å². The molecule has 0 unspecified atom stereocenters. The summed E-state index contributed by atoms with van der Waals surface area (Å²) in [6.45, 7) is 5.67.